The van der Waals surface area contributed by atoms with Crippen molar-refractivity contribution in [2.45, 2.75) is 13.3 Å². The van der Waals surface area contributed by atoms with Crippen molar-refractivity contribution in [3.8, 4) is 0 Å². The maximum atomic E-state index is 13.2. The van der Waals surface area contributed by atoms with E-state index in [1.165, 1.54) is 16.9 Å². The van der Waals surface area contributed by atoms with Crippen LogP contribution in [-0.2, 0) is 19.1 Å². The number of benzene rings is 3. The van der Waals surface area contributed by atoms with Gasteiger partial charge in [0.2, 0.25) is 11.8 Å². The molecule has 200 valence electrons. The number of carbonyl (C=O) groups is 4. The Kier molecular flexibility index (Phi) is 8.10. The molecule has 0 radical (unpaired) electrons. The van der Waals surface area contributed by atoms with Crippen molar-refractivity contribution in [1.29, 1.82) is 0 Å². The van der Waals surface area contributed by atoms with Gasteiger partial charge < -0.3 is 25.2 Å². The van der Waals surface area contributed by atoms with E-state index in [1.807, 2.05) is 30.3 Å². The highest BCUT2D eigenvalue weighted by molar-refractivity contribution is 6.37. The molecule has 9 nitrogen and oxygen atoms in total. The number of hydrogen-bond acceptors (Lipinski definition) is 6. The summed E-state index contributed by atoms with van der Waals surface area (Å²) in [7, 11) is 4.60. The molecule has 0 spiro atoms. The van der Waals surface area contributed by atoms with Gasteiger partial charge in [0.1, 0.15) is 6.54 Å². The number of hydrogen-bond donors (Lipinski definition) is 2. The summed E-state index contributed by atoms with van der Waals surface area (Å²) >= 11 is 0. The first-order chi connectivity index (χ1) is 18.7. The number of fused-ring (bicyclic) bond motifs is 1. The third kappa shape index (κ3) is 5.82. The average molecular weight is 527 g/mol. The van der Waals surface area contributed by atoms with Gasteiger partial charge >= 0.3 is 5.97 Å². The molecule has 0 bridgehead atoms. The smallest absolute Gasteiger partial charge is 0.337 e. The summed E-state index contributed by atoms with van der Waals surface area (Å²) in [4.78, 5) is 53.0. The van der Waals surface area contributed by atoms with Gasteiger partial charge in [0.05, 0.1) is 29.6 Å². The van der Waals surface area contributed by atoms with Crippen molar-refractivity contribution in [2.75, 3.05) is 43.3 Å². The van der Waals surface area contributed by atoms with Crippen molar-refractivity contribution in [3.05, 3.63) is 89.5 Å². The van der Waals surface area contributed by atoms with Crippen LogP contribution >= 0.6 is 0 Å². The van der Waals surface area contributed by atoms with E-state index in [1.54, 1.807) is 63.5 Å². The molecule has 9 heteroatoms. The van der Waals surface area contributed by atoms with E-state index in [0.717, 1.165) is 5.56 Å². The SMILES string of the molecule is CCC(=O)N(CC(=O)N(C)C)c1ccc(NC(=C2C(=O)Nc3cc(C(=O)OC)ccc32)c2ccccc2)cc1. The van der Waals surface area contributed by atoms with Gasteiger partial charge in [-0.15, -0.1) is 0 Å². The number of likely N-dealkylation sites (N-methyl/N-ethyl adjacent to an activating group) is 1. The zero-order valence-electron chi connectivity index (χ0n) is 22.3. The van der Waals surface area contributed by atoms with Crippen molar-refractivity contribution in [3.63, 3.8) is 0 Å². The molecule has 1 heterocycles. The summed E-state index contributed by atoms with van der Waals surface area (Å²) in [5.41, 5.74) is 4.57. The normalized spacial score (nSPS) is 13.2. The Hall–Kier alpha value is -4.92. The van der Waals surface area contributed by atoms with Crippen molar-refractivity contribution >= 4 is 52.0 Å². The molecule has 3 aromatic carbocycles. The molecule has 0 aromatic heterocycles. The summed E-state index contributed by atoms with van der Waals surface area (Å²) in [5, 5.41) is 6.22. The Morgan fingerprint density at radius 1 is 0.897 bits per heavy atom. The molecule has 1 aliphatic rings. The second-order valence-electron chi connectivity index (χ2n) is 9.12. The minimum absolute atomic E-state index is 0.0592. The van der Waals surface area contributed by atoms with Crippen LogP contribution in [0.3, 0.4) is 0 Å². The summed E-state index contributed by atoms with van der Waals surface area (Å²) in [6.45, 7) is 1.69. The lowest BCUT2D eigenvalue weighted by atomic mass is 9.99. The summed E-state index contributed by atoms with van der Waals surface area (Å²) in [6, 6.07) is 21.5. The molecule has 0 saturated carbocycles. The number of methoxy groups -OCH3 is 1. The third-order valence-corrected chi connectivity index (χ3v) is 6.34. The molecule has 2 N–H and O–H groups in total. The van der Waals surface area contributed by atoms with Crippen LogP contribution < -0.4 is 15.5 Å². The molecular weight excluding hydrogens is 496 g/mol. The molecule has 0 fully saturated rings. The van der Waals surface area contributed by atoms with Gasteiger partial charge in [-0.1, -0.05) is 43.3 Å². The number of carbonyl (C=O) groups excluding carboxylic acids is 4. The minimum Gasteiger partial charge on any atom is -0.465 e. The van der Waals surface area contributed by atoms with Gasteiger partial charge in [-0.2, -0.15) is 0 Å². The molecule has 3 amide bonds. The molecule has 0 aliphatic carbocycles. The van der Waals surface area contributed by atoms with E-state index in [0.29, 0.717) is 39.5 Å². The molecule has 0 saturated heterocycles. The lowest BCUT2D eigenvalue weighted by Crippen LogP contribution is -2.40. The van der Waals surface area contributed by atoms with Crippen LogP contribution in [0, 0.1) is 0 Å². The molecule has 39 heavy (non-hydrogen) atoms. The van der Waals surface area contributed by atoms with Crippen LogP contribution in [0.4, 0.5) is 17.1 Å². The highest BCUT2D eigenvalue weighted by atomic mass is 16.5. The fourth-order valence-electron chi connectivity index (χ4n) is 4.21. The molecule has 3 aromatic rings. The summed E-state index contributed by atoms with van der Waals surface area (Å²) in [6.07, 6.45) is 0.261. The first kappa shape index (κ1) is 27.1. The molecular formula is C30H30N4O5. The zero-order valence-corrected chi connectivity index (χ0v) is 22.3. The highest BCUT2D eigenvalue weighted by Gasteiger charge is 2.29. The third-order valence-electron chi connectivity index (χ3n) is 6.34. The van der Waals surface area contributed by atoms with Crippen LogP contribution in [0.2, 0.25) is 0 Å². The van der Waals surface area contributed by atoms with Gasteiger partial charge in [0, 0.05) is 37.5 Å². The predicted molar refractivity (Wildman–Crippen MR) is 151 cm³/mol. The minimum atomic E-state index is -0.492. The number of anilines is 3. The first-order valence-electron chi connectivity index (χ1n) is 12.4. The van der Waals surface area contributed by atoms with Gasteiger partial charge in [0.25, 0.3) is 5.91 Å². The number of esters is 1. The van der Waals surface area contributed by atoms with Crippen LogP contribution in [-0.4, -0.2) is 56.3 Å². The number of ether oxygens (including phenoxy) is 1. The number of amides is 3. The van der Waals surface area contributed by atoms with Gasteiger partial charge in [-0.25, -0.2) is 4.79 Å². The van der Waals surface area contributed by atoms with Gasteiger partial charge in [-0.3, -0.25) is 14.4 Å². The topological polar surface area (TPSA) is 108 Å². The summed E-state index contributed by atoms with van der Waals surface area (Å²) in [5.74, 6) is -1.15. The number of nitrogens with one attached hydrogen (secondary N) is 2. The largest absolute Gasteiger partial charge is 0.465 e. The van der Waals surface area contributed by atoms with E-state index < -0.39 is 5.97 Å². The van der Waals surface area contributed by atoms with Crippen molar-refractivity contribution in [2.24, 2.45) is 0 Å². The molecule has 4 rings (SSSR count). The monoisotopic (exact) mass is 526 g/mol. The van der Waals surface area contributed by atoms with E-state index in [9.17, 15) is 19.2 Å². The van der Waals surface area contributed by atoms with Crippen molar-refractivity contribution in [1.82, 2.24) is 4.90 Å². The van der Waals surface area contributed by atoms with Crippen LogP contribution in [0.15, 0.2) is 72.8 Å². The number of rotatable bonds is 8. The lowest BCUT2D eigenvalue weighted by Gasteiger charge is -2.24. The van der Waals surface area contributed by atoms with Crippen LogP contribution in [0.1, 0.15) is 34.8 Å². The van der Waals surface area contributed by atoms with E-state index in [2.05, 4.69) is 10.6 Å². The van der Waals surface area contributed by atoms with E-state index >= 15 is 0 Å². The van der Waals surface area contributed by atoms with Crippen molar-refractivity contribution < 1.29 is 23.9 Å². The zero-order chi connectivity index (χ0) is 28.1. The first-order valence-corrected chi connectivity index (χ1v) is 12.4. The Morgan fingerprint density at radius 3 is 2.21 bits per heavy atom. The second kappa shape index (κ2) is 11.6. The molecule has 0 atom stereocenters. The fourth-order valence-corrected chi connectivity index (χ4v) is 4.21. The maximum absolute atomic E-state index is 13.2. The molecule has 1 aliphatic heterocycles. The summed E-state index contributed by atoms with van der Waals surface area (Å²) < 4.78 is 4.80. The highest BCUT2D eigenvalue weighted by Crippen LogP contribution is 2.38. The second-order valence-corrected chi connectivity index (χ2v) is 9.12. The van der Waals surface area contributed by atoms with Gasteiger partial charge in [0.15, 0.2) is 0 Å². The van der Waals surface area contributed by atoms with E-state index in [4.69, 9.17) is 4.74 Å². The Morgan fingerprint density at radius 2 is 1.59 bits per heavy atom. The Balaban J connectivity index is 1.72. The van der Waals surface area contributed by atoms with E-state index in [-0.39, 0.29) is 30.7 Å². The fraction of sp³-hybridized carbons (Fsp3) is 0.200. The Bertz CT molecular complexity index is 1450. The Labute approximate surface area is 227 Å². The quantitative estimate of drug-likeness (QED) is 0.336. The maximum Gasteiger partial charge on any atom is 0.337 e. The predicted octanol–water partition coefficient (Wildman–Crippen LogP) is 4.24. The average Bonchev–Trinajstić information content (AvgIpc) is 3.28. The van der Waals surface area contributed by atoms with Crippen LogP contribution in [0.25, 0.3) is 11.3 Å². The lowest BCUT2D eigenvalue weighted by molar-refractivity contribution is -0.129. The molecule has 0 unspecified atom stereocenters. The van der Waals surface area contributed by atoms with Gasteiger partial charge in [-0.05, 0) is 42.0 Å². The standard InChI is InChI=1S/C30H30N4O5/c1-5-25(35)34(18-26(36)33(2)3)22-14-12-21(13-15-22)31-28(19-9-7-6-8-10-19)27-23-16-11-20(30(38)39-4)17-24(23)32-29(27)37/h6-17,31H,5,18H2,1-4H3,(H,32,37). The number of nitrogens with zero attached hydrogens (tertiary/aromatic N) is 2. The van der Waals surface area contributed by atoms with Crippen LogP contribution in [0.5, 0.6) is 0 Å².